The average Bonchev–Trinajstić information content (AvgIpc) is 2.53. The van der Waals surface area contributed by atoms with Gasteiger partial charge < -0.3 is 5.32 Å². The maximum absolute atomic E-state index is 4.83. The molecule has 3 rings (SSSR count). The van der Waals surface area contributed by atoms with Crippen LogP contribution in [0.25, 0.3) is 22.0 Å². The Morgan fingerprint density at radius 1 is 1.00 bits per heavy atom. The first-order valence-electron chi connectivity index (χ1n) is 7.48. The van der Waals surface area contributed by atoms with Crippen LogP contribution in [0.4, 0.5) is 5.82 Å². The lowest BCUT2D eigenvalue weighted by atomic mass is 10.1. The molecule has 0 spiro atoms. The third-order valence-electron chi connectivity index (χ3n) is 3.63. The monoisotopic (exact) mass is 276 g/mol. The van der Waals surface area contributed by atoms with Gasteiger partial charge in [-0.3, -0.25) is 0 Å². The molecule has 0 unspecified atom stereocenters. The number of hydrogen-bond donors (Lipinski definition) is 1. The molecule has 2 heteroatoms. The van der Waals surface area contributed by atoms with Crippen LogP contribution in [0.15, 0.2) is 54.6 Å². The van der Waals surface area contributed by atoms with E-state index in [4.69, 9.17) is 4.98 Å². The SMILES string of the molecule is CCCNc1nc(-c2ccc(C)cc2)cc2ccccc12. The number of hydrogen-bond acceptors (Lipinski definition) is 2. The maximum atomic E-state index is 4.83. The summed E-state index contributed by atoms with van der Waals surface area (Å²) in [5.74, 6) is 0.977. The van der Waals surface area contributed by atoms with Crippen LogP contribution in [-0.2, 0) is 0 Å². The van der Waals surface area contributed by atoms with Gasteiger partial charge in [0.05, 0.1) is 5.69 Å². The lowest BCUT2D eigenvalue weighted by Crippen LogP contribution is -2.03. The summed E-state index contributed by atoms with van der Waals surface area (Å²) in [6.07, 6.45) is 1.09. The molecule has 106 valence electrons. The van der Waals surface area contributed by atoms with Crippen LogP contribution in [0.3, 0.4) is 0 Å². The number of nitrogens with one attached hydrogen (secondary N) is 1. The summed E-state index contributed by atoms with van der Waals surface area (Å²) in [5.41, 5.74) is 3.45. The van der Waals surface area contributed by atoms with Crippen LogP contribution in [0.5, 0.6) is 0 Å². The number of benzene rings is 2. The molecule has 2 aromatic carbocycles. The van der Waals surface area contributed by atoms with Crippen molar-refractivity contribution >= 4 is 16.6 Å². The zero-order valence-corrected chi connectivity index (χ0v) is 12.6. The van der Waals surface area contributed by atoms with Gasteiger partial charge in [-0.15, -0.1) is 0 Å². The van der Waals surface area contributed by atoms with Crippen molar-refractivity contribution in [1.82, 2.24) is 4.98 Å². The van der Waals surface area contributed by atoms with Gasteiger partial charge in [-0.05, 0) is 24.8 Å². The number of pyridine rings is 1. The Morgan fingerprint density at radius 2 is 1.76 bits per heavy atom. The Hall–Kier alpha value is -2.35. The second-order valence-corrected chi connectivity index (χ2v) is 5.37. The van der Waals surface area contributed by atoms with Crippen LogP contribution >= 0.6 is 0 Å². The minimum Gasteiger partial charge on any atom is -0.370 e. The highest BCUT2D eigenvalue weighted by Gasteiger charge is 2.07. The first-order chi connectivity index (χ1) is 10.3. The van der Waals surface area contributed by atoms with Crippen molar-refractivity contribution in [2.75, 3.05) is 11.9 Å². The summed E-state index contributed by atoms with van der Waals surface area (Å²) < 4.78 is 0. The van der Waals surface area contributed by atoms with Crippen molar-refractivity contribution in [3.63, 3.8) is 0 Å². The number of aryl methyl sites for hydroxylation is 1. The Balaban J connectivity index is 2.12. The summed E-state index contributed by atoms with van der Waals surface area (Å²) in [5, 5.41) is 5.85. The van der Waals surface area contributed by atoms with E-state index < -0.39 is 0 Å². The molecule has 0 aliphatic carbocycles. The topological polar surface area (TPSA) is 24.9 Å². The van der Waals surface area contributed by atoms with Crippen LogP contribution in [0, 0.1) is 6.92 Å². The number of aromatic nitrogens is 1. The zero-order valence-electron chi connectivity index (χ0n) is 12.6. The van der Waals surface area contributed by atoms with Gasteiger partial charge >= 0.3 is 0 Å². The molecule has 0 atom stereocenters. The highest BCUT2D eigenvalue weighted by molar-refractivity contribution is 5.94. The highest BCUT2D eigenvalue weighted by atomic mass is 15.0. The van der Waals surface area contributed by atoms with Gasteiger partial charge in [0.25, 0.3) is 0 Å². The van der Waals surface area contributed by atoms with E-state index in [1.807, 2.05) is 0 Å². The Bertz CT molecular complexity index is 745. The predicted molar refractivity (Wildman–Crippen MR) is 90.7 cm³/mol. The van der Waals surface area contributed by atoms with Crippen LogP contribution in [-0.4, -0.2) is 11.5 Å². The van der Waals surface area contributed by atoms with Crippen LogP contribution in [0.1, 0.15) is 18.9 Å². The molecule has 0 saturated carbocycles. The first-order valence-corrected chi connectivity index (χ1v) is 7.48. The molecule has 0 bridgehead atoms. The van der Waals surface area contributed by atoms with E-state index in [9.17, 15) is 0 Å². The normalized spacial score (nSPS) is 10.8. The quantitative estimate of drug-likeness (QED) is 0.722. The van der Waals surface area contributed by atoms with Gasteiger partial charge in [-0.2, -0.15) is 0 Å². The van der Waals surface area contributed by atoms with Crippen molar-refractivity contribution in [2.24, 2.45) is 0 Å². The average molecular weight is 276 g/mol. The molecule has 3 aromatic rings. The largest absolute Gasteiger partial charge is 0.370 e. The first kappa shape index (κ1) is 13.6. The van der Waals surface area contributed by atoms with Crippen molar-refractivity contribution in [2.45, 2.75) is 20.3 Å². The minimum atomic E-state index is 0.939. The highest BCUT2D eigenvalue weighted by Crippen LogP contribution is 2.27. The fourth-order valence-corrected chi connectivity index (χ4v) is 2.45. The Morgan fingerprint density at radius 3 is 2.52 bits per heavy atom. The van der Waals surface area contributed by atoms with Crippen molar-refractivity contribution in [3.05, 3.63) is 60.2 Å². The third kappa shape index (κ3) is 2.89. The van der Waals surface area contributed by atoms with E-state index in [1.54, 1.807) is 0 Å². The summed E-state index contributed by atoms with van der Waals surface area (Å²) in [4.78, 5) is 4.83. The lowest BCUT2D eigenvalue weighted by molar-refractivity contribution is 0.972. The summed E-state index contributed by atoms with van der Waals surface area (Å²) in [6, 6.07) is 19.1. The molecule has 0 amide bonds. The molecule has 0 aliphatic rings. The second kappa shape index (κ2) is 5.96. The van der Waals surface area contributed by atoms with Crippen molar-refractivity contribution in [3.8, 4) is 11.3 Å². The van der Waals surface area contributed by atoms with Crippen LogP contribution < -0.4 is 5.32 Å². The van der Waals surface area contributed by atoms with Gasteiger partial charge in [-0.25, -0.2) is 4.98 Å². The lowest BCUT2D eigenvalue weighted by Gasteiger charge is -2.11. The van der Waals surface area contributed by atoms with E-state index in [0.717, 1.165) is 30.0 Å². The molecule has 0 radical (unpaired) electrons. The summed E-state index contributed by atoms with van der Waals surface area (Å²) in [6.45, 7) is 5.21. The fraction of sp³-hybridized carbons (Fsp3) is 0.211. The molecule has 0 saturated heterocycles. The molecule has 2 nitrogen and oxygen atoms in total. The zero-order chi connectivity index (χ0) is 14.7. The summed E-state index contributed by atoms with van der Waals surface area (Å²) in [7, 11) is 0. The summed E-state index contributed by atoms with van der Waals surface area (Å²) >= 11 is 0. The van der Waals surface area contributed by atoms with E-state index in [0.29, 0.717) is 0 Å². The number of anilines is 1. The van der Waals surface area contributed by atoms with Gasteiger partial charge in [0, 0.05) is 17.5 Å². The smallest absolute Gasteiger partial charge is 0.134 e. The van der Waals surface area contributed by atoms with Crippen LogP contribution in [0.2, 0.25) is 0 Å². The maximum Gasteiger partial charge on any atom is 0.134 e. The molecule has 1 heterocycles. The van der Waals surface area contributed by atoms with Crippen molar-refractivity contribution < 1.29 is 0 Å². The molecule has 1 aromatic heterocycles. The minimum absolute atomic E-state index is 0.939. The number of fused-ring (bicyclic) bond motifs is 1. The van der Waals surface area contributed by atoms with Gasteiger partial charge in [0.2, 0.25) is 0 Å². The molecular formula is C19H20N2. The number of nitrogens with zero attached hydrogens (tertiary/aromatic N) is 1. The molecule has 0 aliphatic heterocycles. The van der Waals surface area contributed by atoms with E-state index in [-0.39, 0.29) is 0 Å². The fourth-order valence-electron chi connectivity index (χ4n) is 2.45. The standard InChI is InChI=1S/C19H20N2/c1-3-12-20-19-17-7-5-4-6-16(17)13-18(21-19)15-10-8-14(2)9-11-15/h4-11,13H,3,12H2,1-2H3,(H,20,21). The van der Waals surface area contributed by atoms with Crippen molar-refractivity contribution in [1.29, 1.82) is 0 Å². The third-order valence-corrected chi connectivity index (χ3v) is 3.63. The van der Waals surface area contributed by atoms with Gasteiger partial charge in [-0.1, -0.05) is 61.0 Å². The Kier molecular flexibility index (Phi) is 3.87. The molecule has 1 N–H and O–H groups in total. The van der Waals surface area contributed by atoms with Gasteiger partial charge in [0.1, 0.15) is 5.82 Å². The molecule has 21 heavy (non-hydrogen) atoms. The Labute approximate surface area is 125 Å². The second-order valence-electron chi connectivity index (χ2n) is 5.37. The molecular weight excluding hydrogens is 256 g/mol. The van der Waals surface area contributed by atoms with E-state index >= 15 is 0 Å². The van der Waals surface area contributed by atoms with E-state index in [2.05, 4.69) is 73.8 Å². The van der Waals surface area contributed by atoms with E-state index in [1.165, 1.54) is 16.3 Å². The number of rotatable bonds is 4. The predicted octanol–water partition coefficient (Wildman–Crippen LogP) is 5.03. The molecule has 0 fully saturated rings. The van der Waals surface area contributed by atoms with Gasteiger partial charge in [0.15, 0.2) is 0 Å².